The lowest BCUT2D eigenvalue weighted by molar-refractivity contribution is -0.124. The Kier molecular flexibility index (Phi) is 8.64. The quantitative estimate of drug-likeness (QED) is 0.587. The predicted molar refractivity (Wildman–Crippen MR) is 58.0 cm³/mol. The Morgan fingerprint density at radius 2 is 2.07 bits per heavy atom. The van der Waals surface area contributed by atoms with Crippen LogP contribution in [0.4, 0.5) is 0 Å². The van der Waals surface area contributed by atoms with Crippen molar-refractivity contribution in [1.82, 2.24) is 5.32 Å². The van der Waals surface area contributed by atoms with E-state index in [0.29, 0.717) is 0 Å². The first-order chi connectivity index (χ1) is 6.72. The Morgan fingerprint density at radius 1 is 1.36 bits per heavy atom. The fraction of sp³-hybridized carbons (Fsp3) is 0.909. The third-order valence-corrected chi connectivity index (χ3v) is 2.30. The van der Waals surface area contributed by atoms with E-state index in [1.165, 1.54) is 0 Å². The van der Waals surface area contributed by atoms with Crippen LogP contribution in [0.15, 0.2) is 0 Å². The molecule has 3 nitrogen and oxygen atoms in total. The Labute approximate surface area is 86.9 Å². The summed E-state index contributed by atoms with van der Waals surface area (Å²) in [7, 11) is 0. The standard InChI is InChI=1S/C11H23NO2/c1-3-7-10(2)11(14)12-8-5-4-6-9-13/h10,13H,3-9H2,1-2H3,(H,12,14). The fourth-order valence-electron chi connectivity index (χ4n) is 1.36. The summed E-state index contributed by atoms with van der Waals surface area (Å²) in [5.74, 6) is 0.300. The zero-order chi connectivity index (χ0) is 10.8. The molecule has 0 aromatic carbocycles. The van der Waals surface area contributed by atoms with Crippen molar-refractivity contribution in [2.24, 2.45) is 5.92 Å². The van der Waals surface area contributed by atoms with Crippen LogP contribution in [-0.4, -0.2) is 24.2 Å². The minimum absolute atomic E-state index is 0.137. The van der Waals surface area contributed by atoms with E-state index in [2.05, 4.69) is 12.2 Å². The highest BCUT2D eigenvalue weighted by molar-refractivity contribution is 5.78. The van der Waals surface area contributed by atoms with Crippen LogP contribution in [0.2, 0.25) is 0 Å². The molecule has 0 rings (SSSR count). The molecule has 2 N–H and O–H groups in total. The second-order valence-corrected chi connectivity index (χ2v) is 3.77. The van der Waals surface area contributed by atoms with Crippen molar-refractivity contribution in [1.29, 1.82) is 0 Å². The lowest BCUT2D eigenvalue weighted by Gasteiger charge is -2.10. The molecule has 1 amide bonds. The van der Waals surface area contributed by atoms with Crippen LogP contribution in [0.1, 0.15) is 46.0 Å². The molecule has 0 aliphatic carbocycles. The Morgan fingerprint density at radius 3 is 2.64 bits per heavy atom. The van der Waals surface area contributed by atoms with Crippen molar-refractivity contribution in [3.05, 3.63) is 0 Å². The predicted octanol–water partition coefficient (Wildman–Crippen LogP) is 1.70. The summed E-state index contributed by atoms with van der Waals surface area (Å²) in [4.78, 5) is 11.4. The van der Waals surface area contributed by atoms with E-state index < -0.39 is 0 Å². The Hall–Kier alpha value is -0.570. The van der Waals surface area contributed by atoms with E-state index in [0.717, 1.165) is 38.6 Å². The molecule has 0 saturated carbocycles. The normalized spacial score (nSPS) is 12.5. The highest BCUT2D eigenvalue weighted by atomic mass is 16.2. The molecule has 0 aliphatic rings. The van der Waals surface area contributed by atoms with Gasteiger partial charge in [-0.1, -0.05) is 20.3 Å². The fourth-order valence-corrected chi connectivity index (χ4v) is 1.36. The van der Waals surface area contributed by atoms with Crippen molar-refractivity contribution >= 4 is 5.91 Å². The SMILES string of the molecule is CCCC(C)C(=O)NCCCCCO. The molecule has 3 heteroatoms. The number of aliphatic hydroxyl groups is 1. The molecule has 0 radical (unpaired) electrons. The van der Waals surface area contributed by atoms with Crippen LogP contribution in [0.3, 0.4) is 0 Å². The van der Waals surface area contributed by atoms with Gasteiger partial charge in [0.25, 0.3) is 0 Å². The van der Waals surface area contributed by atoms with Crippen molar-refractivity contribution in [2.75, 3.05) is 13.2 Å². The minimum atomic E-state index is 0.137. The molecular formula is C11H23NO2. The third kappa shape index (κ3) is 6.89. The van der Waals surface area contributed by atoms with E-state index in [4.69, 9.17) is 5.11 Å². The Bertz CT molecular complexity index is 148. The first-order valence-electron chi connectivity index (χ1n) is 5.61. The molecule has 0 heterocycles. The van der Waals surface area contributed by atoms with Crippen molar-refractivity contribution in [3.63, 3.8) is 0 Å². The molecule has 1 unspecified atom stereocenters. The van der Waals surface area contributed by atoms with E-state index in [-0.39, 0.29) is 18.4 Å². The van der Waals surface area contributed by atoms with Crippen molar-refractivity contribution < 1.29 is 9.90 Å². The van der Waals surface area contributed by atoms with Crippen LogP contribution in [0, 0.1) is 5.92 Å². The average Bonchev–Trinajstić information content (AvgIpc) is 2.17. The van der Waals surface area contributed by atoms with Gasteiger partial charge in [0.05, 0.1) is 0 Å². The maximum atomic E-state index is 11.4. The average molecular weight is 201 g/mol. The topological polar surface area (TPSA) is 49.3 Å². The monoisotopic (exact) mass is 201 g/mol. The molecule has 0 aromatic rings. The van der Waals surface area contributed by atoms with E-state index in [1.807, 2.05) is 6.92 Å². The molecule has 84 valence electrons. The Balaban J connectivity index is 3.34. The van der Waals surface area contributed by atoms with E-state index >= 15 is 0 Å². The van der Waals surface area contributed by atoms with E-state index in [1.54, 1.807) is 0 Å². The summed E-state index contributed by atoms with van der Waals surface area (Å²) in [6.07, 6.45) is 4.80. The smallest absolute Gasteiger partial charge is 0.222 e. The number of rotatable bonds is 8. The highest BCUT2D eigenvalue weighted by Gasteiger charge is 2.09. The third-order valence-electron chi connectivity index (χ3n) is 2.30. The molecule has 0 aromatic heterocycles. The van der Waals surface area contributed by atoms with Crippen LogP contribution in [0.5, 0.6) is 0 Å². The number of carbonyl (C=O) groups is 1. The summed E-state index contributed by atoms with van der Waals surface area (Å²) in [5, 5.41) is 11.5. The van der Waals surface area contributed by atoms with Gasteiger partial charge in [-0.3, -0.25) is 4.79 Å². The van der Waals surface area contributed by atoms with Gasteiger partial charge in [-0.15, -0.1) is 0 Å². The summed E-state index contributed by atoms with van der Waals surface area (Å²) in [5.41, 5.74) is 0. The van der Waals surface area contributed by atoms with Crippen molar-refractivity contribution in [2.45, 2.75) is 46.0 Å². The van der Waals surface area contributed by atoms with Crippen LogP contribution in [-0.2, 0) is 4.79 Å². The maximum Gasteiger partial charge on any atom is 0.222 e. The molecule has 0 spiro atoms. The second-order valence-electron chi connectivity index (χ2n) is 3.77. The molecular weight excluding hydrogens is 178 g/mol. The zero-order valence-corrected chi connectivity index (χ0v) is 9.38. The number of unbranched alkanes of at least 4 members (excludes halogenated alkanes) is 2. The van der Waals surface area contributed by atoms with Gasteiger partial charge in [0, 0.05) is 19.1 Å². The number of nitrogens with one attached hydrogen (secondary N) is 1. The maximum absolute atomic E-state index is 11.4. The molecule has 0 aliphatic heterocycles. The van der Waals surface area contributed by atoms with Gasteiger partial charge in [0.1, 0.15) is 0 Å². The van der Waals surface area contributed by atoms with Gasteiger partial charge in [-0.25, -0.2) is 0 Å². The number of carbonyl (C=O) groups excluding carboxylic acids is 1. The zero-order valence-electron chi connectivity index (χ0n) is 9.38. The van der Waals surface area contributed by atoms with Crippen LogP contribution >= 0.6 is 0 Å². The summed E-state index contributed by atoms with van der Waals surface area (Å²) in [6.45, 7) is 5.05. The summed E-state index contributed by atoms with van der Waals surface area (Å²) in [6, 6.07) is 0. The number of amides is 1. The molecule has 0 bridgehead atoms. The lowest BCUT2D eigenvalue weighted by atomic mass is 10.1. The van der Waals surface area contributed by atoms with Crippen molar-refractivity contribution in [3.8, 4) is 0 Å². The van der Waals surface area contributed by atoms with Crippen LogP contribution < -0.4 is 5.32 Å². The molecule has 0 fully saturated rings. The lowest BCUT2D eigenvalue weighted by Crippen LogP contribution is -2.29. The first-order valence-corrected chi connectivity index (χ1v) is 5.61. The largest absolute Gasteiger partial charge is 0.396 e. The van der Waals surface area contributed by atoms with Gasteiger partial charge in [0.15, 0.2) is 0 Å². The van der Waals surface area contributed by atoms with E-state index in [9.17, 15) is 4.79 Å². The van der Waals surface area contributed by atoms with Gasteiger partial charge in [-0.2, -0.15) is 0 Å². The van der Waals surface area contributed by atoms with Gasteiger partial charge in [0.2, 0.25) is 5.91 Å². The van der Waals surface area contributed by atoms with Gasteiger partial charge < -0.3 is 10.4 Å². The van der Waals surface area contributed by atoms with Gasteiger partial charge >= 0.3 is 0 Å². The molecule has 1 atom stereocenters. The number of hydrogen-bond donors (Lipinski definition) is 2. The highest BCUT2D eigenvalue weighted by Crippen LogP contribution is 2.04. The molecule has 0 saturated heterocycles. The van der Waals surface area contributed by atoms with Gasteiger partial charge in [-0.05, 0) is 25.7 Å². The number of aliphatic hydroxyl groups excluding tert-OH is 1. The first kappa shape index (κ1) is 13.4. The number of hydrogen-bond acceptors (Lipinski definition) is 2. The molecule has 14 heavy (non-hydrogen) atoms. The summed E-state index contributed by atoms with van der Waals surface area (Å²) >= 11 is 0. The minimum Gasteiger partial charge on any atom is -0.396 e. The van der Waals surface area contributed by atoms with Crippen LogP contribution in [0.25, 0.3) is 0 Å². The summed E-state index contributed by atoms with van der Waals surface area (Å²) < 4.78 is 0. The second kappa shape index (κ2) is 9.00.